The zero-order chi connectivity index (χ0) is 24.2. The first-order chi connectivity index (χ1) is 17.1. The van der Waals surface area contributed by atoms with Gasteiger partial charge in [0.1, 0.15) is 5.75 Å². The molecular weight excluding hydrogens is 458 g/mol. The number of carbonyl (C=O) groups is 1. The van der Waals surface area contributed by atoms with E-state index in [0.29, 0.717) is 23.5 Å². The van der Waals surface area contributed by atoms with Crippen molar-refractivity contribution in [1.29, 1.82) is 0 Å². The van der Waals surface area contributed by atoms with E-state index in [-0.39, 0.29) is 5.91 Å². The predicted octanol–water partition coefficient (Wildman–Crippen LogP) is 4.93. The normalized spacial score (nSPS) is 13.0. The molecule has 0 bridgehead atoms. The molecule has 0 unspecified atom stereocenters. The average Bonchev–Trinajstić information content (AvgIpc) is 3.66. The van der Waals surface area contributed by atoms with Gasteiger partial charge >= 0.3 is 0 Å². The minimum absolute atomic E-state index is 0.109. The topological polar surface area (TPSA) is 73.1 Å². The van der Waals surface area contributed by atoms with E-state index in [9.17, 15) is 4.79 Å². The lowest BCUT2D eigenvalue weighted by Crippen LogP contribution is -2.34. The number of aryl methyl sites for hydroxylation is 1. The van der Waals surface area contributed by atoms with Crippen molar-refractivity contribution in [3.05, 3.63) is 84.2 Å². The van der Waals surface area contributed by atoms with E-state index in [1.165, 1.54) is 11.8 Å². The number of hydrogen-bond donors (Lipinski definition) is 0. The van der Waals surface area contributed by atoms with Crippen LogP contribution in [0.3, 0.4) is 0 Å². The number of rotatable bonds is 9. The molecule has 0 aliphatic heterocycles. The Hall–Kier alpha value is -3.65. The van der Waals surface area contributed by atoms with Crippen LogP contribution in [0.25, 0.3) is 17.1 Å². The number of methoxy groups -OCH3 is 1. The Labute approximate surface area is 209 Å². The summed E-state index contributed by atoms with van der Waals surface area (Å²) >= 11 is 1.43. The van der Waals surface area contributed by atoms with Gasteiger partial charge in [0.05, 0.1) is 18.6 Å². The van der Waals surface area contributed by atoms with Crippen molar-refractivity contribution in [2.75, 3.05) is 12.9 Å². The zero-order valence-corrected chi connectivity index (χ0v) is 20.6. The van der Waals surface area contributed by atoms with Crippen molar-refractivity contribution >= 4 is 17.7 Å². The second-order valence-corrected chi connectivity index (χ2v) is 9.50. The van der Waals surface area contributed by atoms with E-state index in [1.54, 1.807) is 19.5 Å². The van der Waals surface area contributed by atoms with Crippen LogP contribution < -0.4 is 4.74 Å². The molecule has 1 amide bonds. The summed E-state index contributed by atoms with van der Waals surface area (Å²) in [6.45, 7) is 2.66. The van der Waals surface area contributed by atoms with Crippen LogP contribution >= 0.6 is 11.8 Å². The molecule has 2 aromatic heterocycles. The van der Waals surface area contributed by atoms with Gasteiger partial charge in [-0.2, -0.15) is 0 Å². The lowest BCUT2D eigenvalue weighted by atomic mass is 10.2. The quantitative estimate of drug-likeness (QED) is 0.313. The van der Waals surface area contributed by atoms with Crippen LogP contribution in [0.2, 0.25) is 0 Å². The average molecular weight is 486 g/mol. The molecule has 0 saturated heterocycles. The van der Waals surface area contributed by atoms with Crippen LogP contribution in [0.1, 0.15) is 24.0 Å². The van der Waals surface area contributed by atoms with Gasteiger partial charge in [-0.3, -0.25) is 14.3 Å². The Morgan fingerprint density at radius 1 is 1.06 bits per heavy atom. The summed E-state index contributed by atoms with van der Waals surface area (Å²) < 4.78 is 7.29. The van der Waals surface area contributed by atoms with E-state index in [1.807, 2.05) is 58.0 Å². The van der Waals surface area contributed by atoms with Crippen molar-refractivity contribution in [3.8, 4) is 22.8 Å². The molecule has 0 spiro atoms. The fourth-order valence-electron chi connectivity index (χ4n) is 4.03. The molecule has 35 heavy (non-hydrogen) atoms. The van der Waals surface area contributed by atoms with Crippen LogP contribution in [0.4, 0.5) is 0 Å². The Morgan fingerprint density at radius 3 is 2.49 bits per heavy atom. The smallest absolute Gasteiger partial charge is 0.233 e. The SMILES string of the molecule is COc1ccc(CN(C(=O)CSc2nnc(-c3ccncc3)n2-c2ccccc2C)C2CC2)cc1. The second kappa shape index (κ2) is 10.3. The highest BCUT2D eigenvalue weighted by Gasteiger charge is 2.32. The first-order valence-corrected chi connectivity index (χ1v) is 12.6. The van der Waals surface area contributed by atoms with Gasteiger partial charge in [-0.05, 0) is 61.2 Å². The van der Waals surface area contributed by atoms with E-state index < -0.39 is 0 Å². The summed E-state index contributed by atoms with van der Waals surface area (Å²) in [5, 5.41) is 9.66. The third kappa shape index (κ3) is 5.22. The maximum Gasteiger partial charge on any atom is 0.233 e. The number of benzene rings is 2. The summed E-state index contributed by atoms with van der Waals surface area (Å²) in [6.07, 6.45) is 5.60. The molecule has 1 aliphatic carbocycles. The van der Waals surface area contributed by atoms with Crippen LogP contribution in [-0.2, 0) is 11.3 Å². The number of carbonyl (C=O) groups excluding carboxylic acids is 1. The molecule has 5 rings (SSSR count). The number of ether oxygens (including phenoxy) is 1. The molecular formula is C27H27N5O2S. The van der Waals surface area contributed by atoms with Crippen LogP contribution in [0, 0.1) is 6.92 Å². The first-order valence-electron chi connectivity index (χ1n) is 11.6. The molecule has 1 aliphatic rings. The molecule has 2 heterocycles. The third-order valence-corrected chi connectivity index (χ3v) is 6.99. The zero-order valence-electron chi connectivity index (χ0n) is 19.8. The summed E-state index contributed by atoms with van der Waals surface area (Å²) in [7, 11) is 1.65. The van der Waals surface area contributed by atoms with Crippen molar-refractivity contribution in [3.63, 3.8) is 0 Å². The van der Waals surface area contributed by atoms with E-state index in [2.05, 4.69) is 34.2 Å². The fraction of sp³-hybridized carbons (Fsp3) is 0.259. The van der Waals surface area contributed by atoms with Gasteiger partial charge in [0, 0.05) is 30.5 Å². The molecule has 4 aromatic rings. The van der Waals surface area contributed by atoms with E-state index >= 15 is 0 Å². The molecule has 1 saturated carbocycles. The first kappa shape index (κ1) is 23.1. The maximum atomic E-state index is 13.3. The Balaban J connectivity index is 1.38. The number of amides is 1. The summed E-state index contributed by atoms with van der Waals surface area (Å²) in [5.74, 6) is 1.95. The lowest BCUT2D eigenvalue weighted by Gasteiger charge is -2.22. The molecule has 7 nitrogen and oxygen atoms in total. The number of hydrogen-bond acceptors (Lipinski definition) is 6. The van der Waals surface area contributed by atoms with Crippen LogP contribution in [0.5, 0.6) is 5.75 Å². The van der Waals surface area contributed by atoms with Gasteiger partial charge < -0.3 is 9.64 Å². The molecule has 0 N–H and O–H groups in total. The molecule has 8 heteroatoms. The van der Waals surface area contributed by atoms with Crippen LogP contribution in [0.15, 0.2) is 78.2 Å². The van der Waals surface area contributed by atoms with Gasteiger partial charge in [-0.1, -0.05) is 42.1 Å². The molecule has 2 aromatic carbocycles. The highest BCUT2D eigenvalue weighted by molar-refractivity contribution is 7.99. The standard InChI is InChI=1S/C27H27N5O2S/c1-19-5-3-4-6-24(19)32-26(21-13-15-28-16-14-21)29-30-27(32)35-18-25(33)31(22-9-10-22)17-20-7-11-23(34-2)12-8-20/h3-8,11-16,22H,9-10,17-18H2,1-2H3. The number of pyridine rings is 1. The van der Waals surface area contributed by atoms with Crippen molar-refractivity contribution < 1.29 is 9.53 Å². The molecule has 1 fully saturated rings. The minimum atomic E-state index is 0.109. The van der Waals surface area contributed by atoms with E-state index in [4.69, 9.17) is 4.74 Å². The van der Waals surface area contributed by atoms with Gasteiger partial charge in [0.2, 0.25) is 5.91 Å². The number of aromatic nitrogens is 4. The Bertz CT molecular complexity index is 1300. The van der Waals surface area contributed by atoms with Gasteiger partial charge in [0.15, 0.2) is 11.0 Å². The third-order valence-electron chi connectivity index (χ3n) is 6.07. The highest BCUT2D eigenvalue weighted by Crippen LogP contribution is 2.32. The number of para-hydroxylation sites is 1. The summed E-state index contributed by atoms with van der Waals surface area (Å²) in [6, 6.07) is 20.2. The fourth-order valence-corrected chi connectivity index (χ4v) is 4.86. The summed E-state index contributed by atoms with van der Waals surface area (Å²) in [4.78, 5) is 19.4. The monoisotopic (exact) mass is 485 g/mol. The Morgan fingerprint density at radius 2 is 1.80 bits per heavy atom. The second-order valence-electron chi connectivity index (χ2n) is 8.55. The Kier molecular flexibility index (Phi) is 6.81. The molecule has 178 valence electrons. The maximum absolute atomic E-state index is 13.3. The highest BCUT2D eigenvalue weighted by atomic mass is 32.2. The van der Waals surface area contributed by atoms with Crippen molar-refractivity contribution in [2.45, 2.75) is 37.5 Å². The predicted molar refractivity (Wildman–Crippen MR) is 137 cm³/mol. The minimum Gasteiger partial charge on any atom is -0.497 e. The van der Waals surface area contributed by atoms with Gasteiger partial charge in [0.25, 0.3) is 0 Å². The van der Waals surface area contributed by atoms with Gasteiger partial charge in [-0.25, -0.2) is 0 Å². The molecule has 0 radical (unpaired) electrons. The lowest BCUT2D eigenvalue weighted by molar-refractivity contribution is -0.129. The van der Waals surface area contributed by atoms with Crippen molar-refractivity contribution in [1.82, 2.24) is 24.6 Å². The van der Waals surface area contributed by atoms with Crippen molar-refractivity contribution in [2.24, 2.45) is 0 Å². The van der Waals surface area contributed by atoms with E-state index in [0.717, 1.165) is 46.8 Å². The van der Waals surface area contributed by atoms with Gasteiger partial charge in [-0.15, -0.1) is 10.2 Å². The summed E-state index contributed by atoms with van der Waals surface area (Å²) in [5.41, 5.74) is 4.12. The largest absolute Gasteiger partial charge is 0.497 e. The van der Waals surface area contributed by atoms with Crippen LogP contribution in [-0.4, -0.2) is 49.5 Å². The molecule has 0 atom stereocenters. The number of nitrogens with zero attached hydrogens (tertiary/aromatic N) is 5. The number of thioether (sulfide) groups is 1.